The summed E-state index contributed by atoms with van der Waals surface area (Å²) in [5, 5.41) is 5.72. The van der Waals surface area contributed by atoms with Gasteiger partial charge in [0, 0.05) is 22.9 Å². The Morgan fingerprint density at radius 2 is 2.10 bits per heavy atom. The molecule has 0 fully saturated rings. The van der Waals surface area contributed by atoms with Crippen molar-refractivity contribution in [1.29, 1.82) is 0 Å². The van der Waals surface area contributed by atoms with Crippen molar-refractivity contribution >= 4 is 34.3 Å². The van der Waals surface area contributed by atoms with Crippen molar-refractivity contribution in [2.75, 3.05) is 13.2 Å². The summed E-state index contributed by atoms with van der Waals surface area (Å²) in [7, 11) is 0. The summed E-state index contributed by atoms with van der Waals surface area (Å²) in [5.74, 6) is 0. The highest BCUT2D eigenvalue weighted by Gasteiger charge is 2.23. The molecule has 20 heavy (non-hydrogen) atoms. The SMILES string of the molecule is CCOC(C)(C)CNC(c1cccs1)c1ccc(Cl)s1. The Hall–Kier alpha value is -0.390. The standard InChI is InChI=1S/C15H20ClNOS2/c1-4-18-15(2,3)10-17-14(11-6-5-9-19-11)12-7-8-13(16)20-12/h5-9,14,17H,4,10H2,1-3H3. The average Bonchev–Trinajstić information content (AvgIpc) is 3.01. The second kappa shape index (κ2) is 7.05. The summed E-state index contributed by atoms with van der Waals surface area (Å²) in [4.78, 5) is 2.54. The molecule has 2 aromatic rings. The van der Waals surface area contributed by atoms with E-state index in [0.717, 1.165) is 17.5 Å². The number of rotatable bonds is 7. The second-order valence-electron chi connectivity index (χ2n) is 5.16. The normalized spacial score (nSPS) is 13.6. The molecule has 0 bridgehead atoms. The van der Waals surface area contributed by atoms with Gasteiger partial charge in [-0.3, -0.25) is 0 Å². The number of halogens is 1. The molecule has 1 atom stereocenters. The first-order chi connectivity index (χ1) is 9.52. The molecule has 0 aliphatic rings. The molecule has 0 saturated carbocycles. The lowest BCUT2D eigenvalue weighted by Crippen LogP contribution is -2.39. The Bertz CT molecular complexity index is 522. The maximum absolute atomic E-state index is 6.08. The van der Waals surface area contributed by atoms with Crippen LogP contribution in [0.5, 0.6) is 0 Å². The van der Waals surface area contributed by atoms with Gasteiger partial charge in [-0.15, -0.1) is 22.7 Å². The van der Waals surface area contributed by atoms with Crippen molar-refractivity contribution in [3.63, 3.8) is 0 Å². The maximum Gasteiger partial charge on any atom is 0.0931 e. The minimum Gasteiger partial charge on any atom is -0.375 e. The van der Waals surface area contributed by atoms with Crippen molar-refractivity contribution in [2.45, 2.75) is 32.4 Å². The van der Waals surface area contributed by atoms with Crippen molar-refractivity contribution in [3.8, 4) is 0 Å². The Labute approximate surface area is 133 Å². The average molecular weight is 330 g/mol. The molecule has 2 aromatic heterocycles. The van der Waals surface area contributed by atoms with Crippen LogP contribution in [0.2, 0.25) is 4.34 Å². The van der Waals surface area contributed by atoms with Gasteiger partial charge < -0.3 is 10.1 Å². The predicted octanol–water partition coefficient (Wildman–Crippen LogP) is 4.96. The molecule has 2 rings (SSSR count). The number of ether oxygens (including phenoxy) is 1. The quantitative estimate of drug-likeness (QED) is 0.775. The fourth-order valence-corrected chi connectivity index (χ4v) is 4.12. The summed E-state index contributed by atoms with van der Waals surface area (Å²) in [6.07, 6.45) is 0. The number of hydrogen-bond acceptors (Lipinski definition) is 4. The van der Waals surface area contributed by atoms with Gasteiger partial charge in [0.15, 0.2) is 0 Å². The molecule has 0 aromatic carbocycles. The molecule has 5 heteroatoms. The summed E-state index contributed by atoms with van der Waals surface area (Å²) in [5.41, 5.74) is -0.175. The first-order valence-electron chi connectivity index (χ1n) is 6.68. The number of nitrogens with one attached hydrogen (secondary N) is 1. The fourth-order valence-electron chi connectivity index (χ4n) is 2.07. The molecule has 0 amide bonds. The predicted molar refractivity (Wildman–Crippen MR) is 89.2 cm³/mol. The van der Waals surface area contributed by atoms with E-state index in [1.807, 2.05) is 13.0 Å². The molecule has 110 valence electrons. The van der Waals surface area contributed by atoms with Crippen molar-refractivity contribution in [1.82, 2.24) is 5.32 Å². The van der Waals surface area contributed by atoms with E-state index in [0.29, 0.717) is 0 Å². The lowest BCUT2D eigenvalue weighted by molar-refractivity contribution is -0.00980. The molecule has 0 aliphatic carbocycles. The van der Waals surface area contributed by atoms with Crippen LogP contribution < -0.4 is 5.32 Å². The maximum atomic E-state index is 6.08. The van der Waals surface area contributed by atoms with Crippen LogP contribution in [0.3, 0.4) is 0 Å². The highest BCUT2D eigenvalue weighted by atomic mass is 35.5. The van der Waals surface area contributed by atoms with E-state index in [9.17, 15) is 0 Å². The van der Waals surface area contributed by atoms with Crippen LogP contribution in [-0.4, -0.2) is 18.8 Å². The third-order valence-corrected chi connectivity index (χ3v) is 5.21. The van der Waals surface area contributed by atoms with Crippen LogP contribution in [0, 0.1) is 0 Å². The number of hydrogen-bond donors (Lipinski definition) is 1. The Kier molecular flexibility index (Phi) is 5.64. The number of thiophene rings is 2. The topological polar surface area (TPSA) is 21.3 Å². The molecule has 0 radical (unpaired) electrons. The molecule has 0 aliphatic heterocycles. The van der Waals surface area contributed by atoms with Crippen molar-refractivity contribution < 1.29 is 4.74 Å². The van der Waals surface area contributed by atoms with E-state index >= 15 is 0 Å². The van der Waals surface area contributed by atoms with Crippen LogP contribution in [-0.2, 0) is 4.74 Å². The van der Waals surface area contributed by atoms with Gasteiger partial charge in [0.25, 0.3) is 0 Å². The van der Waals surface area contributed by atoms with Crippen LogP contribution >= 0.6 is 34.3 Å². The van der Waals surface area contributed by atoms with E-state index in [1.54, 1.807) is 22.7 Å². The van der Waals surface area contributed by atoms with Crippen LogP contribution in [0.4, 0.5) is 0 Å². The highest BCUT2D eigenvalue weighted by molar-refractivity contribution is 7.16. The van der Waals surface area contributed by atoms with Gasteiger partial charge in [-0.2, -0.15) is 0 Å². The van der Waals surface area contributed by atoms with Crippen LogP contribution in [0.1, 0.15) is 36.6 Å². The van der Waals surface area contributed by atoms with E-state index in [-0.39, 0.29) is 11.6 Å². The van der Waals surface area contributed by atoms with E-state index < -0.39 is 0 Å². The molecular weight excluding hydrogens is 310 g/mol. The summed E-state index contributed by atoms with van der Waals surface area (Å²) in [6, 6.07) is 8.48. The molecular formula is C15H20ClNOS2. The van der Waals surface area contributed by atoms with Gasteiger partial charge in [-0.25, -0.2) is 0 Å². The van der Waals surface area contributed by atoms with Gasteiger partial charge >= 0.3 is 0 Å². The zero-order chi connectivity index (χ0) is 14.6. The first-order valence-corrected chi connectivity index (χ1v) is 8.75. The van der Waals surface area contributed by atoms with Crippen molar-refractivity contribution in [3.05, 3.63) is 43.7 Å². The van der Waals surface area contributed by atoms with Gasteiger partial charge in [0.05, 0.1) is 16.0 Å². The van der Waals surface area contributed by atoms with Gasteiger partial charge in [0.2, 0.25) is 0 Å². The summed E-state index contributed by atoms with van der Waals surface area (Å²) in [6.45, 7) is 7.76. The van der Waals surface area contributed by atoms with Crippen molar-refractivity contribution in [2.24, 2.45) is 0 Å². The Morgan fingerprint density at radius 3 is 2.65 bits per heavy atom. The third kappa shape index (κ3) is 4.30. The molecule has 0 spiro atoms. The lowest BCUT2D eigenvalue weighted by atomic mass is 10.1. The Morgan fingerprint density at radius 1 is 1.30 bits per heavy atom. The largest absolute Gasteiger partial charge is 0.375 e. The monoisotopic (exact) mass is 329 g/mol. The zero-order valence-electron chi connectivity index (χ0n) is 12.0. The lowest BCUT2D eigenvalue weighted by Gasteiger charge is -2.27. The smallest absolute Gasteiger partial charge is 0.0931 e. The van der Waals surface area contributed by atoms with Crippen LogP contribution in [0.15, 0.2) is 29.6 Å². The first kappa shape index (κ1) is 16.0. The summed E-state index contributed by atoms with van der Waals surface area (Å²) < 4.78 is 6.58. The minimum atomic E-state index is -0.175. The molecule has 2 heterocycles. The second-order valence-corrected chi connectivity index (χ2v) is 7.89. The van der Waals surface area contributed by atoms with E-state index in [1.165, 1.54) is 9.75 Å². The fraction of sp³-hybridized carbons (Fsp3) is 0.467. The molecule has 1 unspecified atom stereocenters. The van der Waals surface area contributed by atoms with Gasteiger partial charge in [-0.05, 0) is 44.4 Å². The third-order valence-electron chi connectivity index (χ3n) is 2.97. The van der Waals surface area contributed by atoms with Gasteiger partial charge in [-0.1, -0.05) is 17.7 Å². The van der Waals surface area contributed by atoms with E-state index in [4.69, 9.17) is 16.3 Å². The van der Waals surface area contributed by atoms with Gasteiger partial charge in [0.1, 0.15) is 0 Å². The molecule has 2 nitrogen and oxygen atoms in total. The van der Waals surface area contributed by atoms with Crippen LogP contribution in [0.25, 0.3) is 0 Å². The van der Waals surface area contributed by atoms with E-state index in [2.05, 4.69) is 42.7 Å². The molecule has 1 N–H and O–H groups in total. The summed E-state index contributed by atoms with van der Waals surface area (Å²) >= 11 is 9.46. The molecule has 0 saturated heterocycles. The Balaban J connectivity index is 2.12. The highest BCUT2D eigenvalue weighted by Crippen LogP contribution is 2.33. The minimum absolute atomic E-state index is 0.175. The zero-order valence-corrected chi connectivity index (χ0v) is 14.4.